The van der Waals surface area contributed by atoms with Gasteiger partial charge in [-0.05, 0) is 24.5 Å². The number of aromatic nitrogens is 1. The van der Waals surface area contributed by atoms with Gasteiger partial charge in [-0.15, -0.1) is 0 Å². The second-order valence-electron chi connectivity index (χ2n) is 4.88. The van der Waals surface area contributed by atoms with Gasteiger partial charge in [0, 0.05) is 11.1 Å². The first kappa shape index (κ1) is 14.3. The zero-order chi connectivity index (χ0) is 14.7. The molecule has 0 spiro atoms. The van der Waals surface area contributed by atoms with Gasteiger partial charge in [0.1, 0.15) is 5.75 Å². The highest BCUT2D eigenvalue weighted by Crippen LogP contribution is 2.32. The Morgan fingerprint density at radius 3 is 2.75 bits per heavy atom. The summed E-state index contributed by atoms with van der Waals surface area (Å²) in [4.78, 5) is 0. The van der Waals surface area contributed by atoms with Crippen molar-refractivity contribution in [1.29, 1.82) is 0 Å². The molecule has 0 atom stereocenters. The molecular weight excluding hydrogens is 266 g/mol. The van der Waals surface area contributed by atoms with Gasteiger partial charge in [-0.25, -0.2) is 0 Å². The number of nitrogens with two attached hydrogens (primary N) is 1. The molecule has 0 radical (unpaired) electrons. The molecule has 0 saturated heterocycles. The number of alkyl halides is 2. The highest BCUT2D eigenvalue weighted by atomic mass is 19.3. The maximum absolute atomic E-state index is 12.2. The SMILES string of the molecule is CC(C)Cc1c(N)noc1-c1cccc(OC(F)F)c1. The van der Waals surface area contributed by atoms with Crippen molar-refractivity contribution in [2.75, 3.05) is 5.73 Å². The Hall–Kier alpha value is -2.11. The molecule has 1 aromatic heterocycles. The number of rotatable bonds is 5. The van der Waals surface area contributed by atoms with Crippen LogP contribution in [-0.2, 0) is 6.42 Å². The van der Waals surface area contributed by atoms with Gasteiger partial charge in [0.2, 0.25) is 0 Å². The number of halogens is 2. The van der Waals surface area contributed by atoms with Crippen molar-refractivity contribution in [3.63, 3.8) is 0 Å². The predicted octanol–water partition coefficient (Wildman–Crippen LogP) is 3.72. The van der Waals surface area contributed by atoms with Crippen molar-refractivity contribution in [3.05, 3.63) is 29.8 Å². The highest BCUT2D eigenvalue weighted by Gasteiger charge is 2.17. The maximum atomic E-state index is 12.2. The van der Waals surface area contributed by atoms with Crippen LogP contribution < -0.4 is 10.5 Å². The van der Waals surface area contributed by atoms with Gasteiger partial charge in [-0.3, -0.25) is 0 Å². The van der Waals surface area contributed by atoms with Crippen molar-refractivity contribution < 1.29 is 18.0 Å². The Bertz CT molecular complexity index is 582. The molecule has 20 heavy (non-hydrogen) atoms. The molecule has 2 N–H and O–H groups in total. The molecule has 0 aliphatic heterocycles. The molecule has 6 heteroatoms. The van der Waals surface area contributed by atoms with Crippen molar-refractivity contribution in [3.8, 4) is 17.1 Å². The van der Waals surface area contributed by atoms with Gasteiger partial charge in [0.15, 0.2) is 11.6 Å². The molecule has 0 unspecified atom stereocenters. The third kappa shape index (κ3) is 3.26. The van der Waals surface area contributed by atoms with E-state index in [1.54, 1.807) is 12.1 Å². The average molecular weight is 282 g/mol. The summed E-state index contributed by atoms with van der Waals surface area (Å²) < 4.78 is 34.1. The Morgan fingerprint density at radius 1 is 1.35 bits per heavy atom. The van der Waals surface area contributed by atoms with Gasteiger partial charge < -0.3 is 15.0 Å². The molecule has 0 fully saturated rings. The number of anilines is 1. The number of ether oxygens (including phenoxy) is 1. The lowest BCUT2D eigenvalue weighted by molar-refractivity contribution is -0.0498. The van der Waals surface area contributed by atoms with E-state index in [9.17, 15) is 8.78 Å². The van der Waals surface area contributed by atoms with Crippen LogP contribution in [0.4, 0.5) is 14.6 Å². The van der Waals surface area contributed by atoms with E-state index in [0.717, 1.165) is 5.56 Å². The lowest BCUT2D eigenvalue weighted by atomic mass is 10.00. The Morgan fingerprint density at radius 2 is 2.10 bits per heavy atom. The van der Waals surface area contributed by atoms with Gasteiger partial charge in [0.05, 0.1) is 0 Å². The molecule has 108 valence electrons. The second-order valence-corrected chi connectivity index (χ2v) is 4.88. The van der Waals surface area contributed by atoms with Crippen molar-refractivity contribution >= 4 is 5.82 Å². The monoisotopic (exact) mass is 282 g/mol. The van der Waals surface area contributed by atoms with Crippen LogP contribution in [0.1, 0.15) is 19.4 Å². The van der Waals surface area contributed by atoms with Crippen molar-refractivity contribution in [1.82, 2.24) is 5.16 Å². The second kappa shape index (κ2) is 5.90. The minimum absolute atomic E-state index is 0.0722. The number of nitrogen functional groups attached to an aromatic ring is 1. The third-order valence-corrected chi connectivity index (χ3v) is 2.75. The first-order chi connectivity index (χ1) is 9.47. The van der Waals surface area contributed by atoms with E-state index in [1.807, 2.05) is 13.8 Å². The van der Waals surface area contributed by atoms with Crippen LogP contribution in [0.25, 0.3) is 11.3 Å². The van der Waals surface area contributed by atoms with Gasteiger partial charge in [-0.2, -0.15) is 8.78 Å². The fourth-order valence-electron chi connectivity index (χ4n) is 1.97. The van der Waals surface area contributed by atoms with Crippen molar-refractivity contribution in [2.45, 2.75) is 26.9 Å². The summed E-state index contributed by atoms with van der Waals surface area (Å²) >= 11 is 0. The minimum Gasteiger partial charge on any atom is -0.435 e. The number of hydrogen-bond donors (Lipinski definition) is 1. The zero-order valence-corrected chi connectivity index (χ0v) is 11.3. The quantitative estimate of drug-likeness (QED) is 0.907. The average Bonchev–Trinajstić information content (AvgIpc) is 2.70. The first-order valence-corrected chi connectivity index (χ1v) is 6.26. The Labute approximate surface area is 115 Å². The molecule has 0 saturated carbocycles. The topological polar surface area (TPSA) is 61.3 Å². The molecule has 1 aromatic carbocycles. The number of hydrogen-bond acceptors (Lipinski definition) is 4. The molecule has 0 amide bonds. The smallest absolute Gasteiger partial charge is 0.387 e. The molecular formula is C14H16F2N2O2. The summed E-state index contributed by atoms with van der Waals surface area (Å²) in [6.07, 6.45) is 0.699. The lowest BCUT2D eigenvalue weighted by Crippen LogP contribution is -2.02. The summed E-state index contributed by atoms with van der Waals surface area (Å²) in [5, 5.41) is 3.75. The highest BCUT2D eigenvalue weighted by molar-refractivity contribution is 5.67. The van der Waals surface area contributed by atoms with E-state index in [2.05, 4.69) is 9.89 Å². The Kier molecular flexibility index (Phi) is 4.22. The van der Waals surface area contributed by atoms with Gasteiger partial charge >= 0.3 is 6.61 Å². The van der Waals surface area contributed by atoms with Crippen LogP contribution in [0.5, 0.6) is 5.75 Å². The van der Waals surface area contributed by atoms with Crippen LogP contribution in [0.15, 0.2) is 28.8 Å². The normalized spacial score (nSPS) is 11.3. The molecule has 2 aromatic rings. The van der Waals surface area contributed by atoms with Crippen LogP contribution in [0.2, 0.25) is 0 Å². The van der Waals surface area contributed by atoms with E-state index < -0.39 is 6.61 Å². The van der Waals surface area contributed by atoms with Crippen LogP contribution >= 0.6 is 0 Å². The van der Waals surface area contributed by atoms with Crippen LogP contribution in [0, 0.1) is 5.92 Å². The predicted molar refractivity (Wildman–Crippen MR) is 71.5 cm³/mol. The number of benzene rings is 1. The summed E-state index contributed by atoms with van der Waals surface area (Å²) in [6.45, 7) is 1.24. The summed E-state index contributed by atoms with van der Waals surface area (Å²) in [6, 6.07) is 6.29. The molecule has 4 nitrogen and oxygen atoms in total. The lowest BCUT2D eigenvalue weighted by Gasteiger charge is -2.07. The van der Waals surface area contributed by atoms with Crippen molar-refractivity contribution in [2.24, 2.45) is 5.92 Å². The molecule has 0 bridgehead atoms. The number of nitrogens with zero attached hydrogens (tertiary/aromatic N) is 1. The van der Waals surface area contributed by atoms with E-state index >= 15 is 0 Å². The first-order valence-electron chi connectivity index (χ1n) is 6.26. The molecule has 0 aliphatic rings. The van der Waals surface area contributed by atoms with E-state index in [4.69, 9.17) is 10.3 Å². The van der Waals surface area contributed by atoms with Gasteiger partial charge in [0.25, 0.3) is 0 Å². The maximum Gasteiger partial charge on any atom is 0.387 e. The molecule has 2 rings (SSSR count). The summed E-state index contributed by atoms with van der Waals surface area (Å²) in [5.74, 6) is 1.27. The fourth-order valence-corrected chi connectivity index (χ4v) is 1.97. The summed E-state index contributed by atoms with van der Waals surface area (Å²) in [5.41, 5.74) is 7.19. The molecule has 1 heterocycles. The summed E-state index contributed by atoms with van der Waals surface area (Å²) in [7, 11) is 0. The Balaban J connectivity index is 2.36. The van der Waals surface area contributed by atoms with E-state index in [-0.39, 0.29) is 5.75 Å². The third-order valence-electron chi connectivity index (χ3n) is 2.75. The van der Waals surface area contributed by atoms with Crippen LogP contribution in [-0.4, -0.2) is 11.8 Å². The molecule has 0 aliphatic carbocycles. The fraction of sp³-hybridized carbons (Fsp3) is 0.357. The minimum atomic E-state index is -2.86. The van der Waals surface area contributed by atoms with E-state index in [0.29, 0.717) is 29.5 Å². The van der Waals surface area contributed by atoms with E-state index in [1.165, 1.54) is 12.1 Å². The standard InChI is InChI=1S/C14H16F2N2O2/c1-8(2)6-11-12(20-18-13(11)17)9-4-3-5-10(7-9)19-14(15)16/h3-5,7-8,14H,6H2,1-2H3,(H2,17,18). The van der Waals surface area contributed by atoms with Gasteiger partial charge in [-0.1, -0.05) is 31.1 Å². The van der Waals surface area contributed by atoms with Crippen LogP contribution in [0.3, 0.4) is 0 Å². The largest absolute Gasteiger partial charge is 0.435 e. The zero-order valence-electron chi connectivity index (χ0n) is 11.3.